The van der Waals surface area contributed by atoms with Crippen molar-refractivity contribution >= 4 is 48.7 Å². The van der Waals surface area contributed by atoms with Crippen molar-refractivity contribution in [3.63, 3.8) is 0 Å². The molecule has 2 aromatic rings. The van der Waals surface area contributed by atoms with Crippen LogP contribution in [0.25, 0.3) is 0 Å². The maximum absolute atomic E-state index is 11.8. The number of benzene rings is 1. The van der Waals surface area contributed by atoms with Gasteiger partial charge in [0.05, 0.1) is 8.68 Å². The Morgan fingerprint density at radius 2 is 2.00 bits per heavy atom. The minimum atomic E-state index is -3.28. The van der Waals surface area contributed by atoms with E-state index in [0.717, 1.165) is 3.79 Å². The molecule has 0 radical (unpaired) electrons. The number of rotatable bonds is 5. The van der Waals surface area contributed by atoms with Crippen molar-refractivity contribution in [3.05, 3.63) is 49.6 Å². The second-order valence-corrected chi connectivity index (χ2v) is 9.24. The van der Waals surface area contributed by atoms with E-state index in [1.807, 2.05) is 12.1 Å². The van der Waals surface area contributed by atoms with Crippen LogP contribution in [0.5, 0.6) is 0 Å². The molecule has 7 heteroatoms. The lowest BCUT2D eigenvalue weighted by Crippen LogP contribution is -2.15. The van der Waals surface area contributed by atoms with E-state index in [4.69, 9.17) is 11.6 Å². The van der Waals surface area contributed by atoms with Crippen LogP contribution in [0.15, 0.2) is 39.0 Å². The van der Waals surface area contributed by atoms with Crippen molar-refractivity contribution in [3.8, 4) is 0 Å². The van der Waals surface area contributed by atoms with Gasteiger partial charge in [-0.3, -0.25) is 0 Å². The molecular weight excluding hydrogens is 382 g/mol. The Morgan fingerprint density at radius 1 is 1.25 bits per heavy atom. The summed E-state index contributed by atoms with van der Waals surface area (Å²) in [5, 5.41) is 3.69. The Labute approximate surface area is 136 Å². The molecular formula is C13H13BrClNO2S2. The SMILES string of the molecule is CS(=O)(=O)c1cccc(Cl)c1CNCc1ccc(Br)s1. The summed E-state index contributed by atoms with van der Waals surface area (Å²) in [7, 11) is -3.28. The Hall–Kier alpha value is -0.400. The quantitative estimate of drug-likeness (QED) is 0.837. The van der Waals surface area contributed by atoms with Crippen LogP contribution >= 0.6 is 38.9 Å². The summed E-state index contributed by atoms with van der Waals surface area (Å²) in [6.07, 6.45) is 1.19. The molecule has 0 aliphatic heterocycles. The summed E-state index contributed by atoms with van der Waals surface area (Å²) in [4.78, 5) is 1.45. The lowest BCUT2D eigenvalue weighted by Gasteiger charge is -2.10. The lowest BCUT2D eigenvalue weighted by atomic mass is 10.2. The van der Waals surface area contributed by atoms with E-state index in [9.17, 15) is 8.42 Å². The summed E-state index contributed by atoms with van der Waals surface area (Å²) < 4.78 is 24.6. The predicted molar refractivity (Wildman–Crippen MR) is 87.1 cm³/mol. The van der Waals surface area contributed by atoms with Gasteiger partial charge in [0.15, 0.2) is 9.84 Å². The van der Waals surface area contributed by atoms with E-state index in [0.29, 0.717) is 23.7 Å². The molecule has 20 heavy (non-hydrogen) atoms. The van der Waals surface area contributed by atoms with Crippen molar-refractivity contribution in [2.75, 3.05) is 6.26 Å². The zero-order chi connectivity index (χ0) is 14.8. The van der Waals surface area contributed by atoms with Gasteiger partial charge in [-0.15, -0.1) is 11.3 Å². The van der Waals surface area contributed by atoms with Gasteiger partial charge < -0.3 is 5.32 Å². The maximum Gasteiger partial charge on any atom is 0.175 e. The van der Waals surface area contributed by atoms with Crippen molar-refractivity contribution in [2.45, 2.75) is 18.0 Å². The fourth-order valence-corrected chi connectivity index (χ4v) is 4.52. The first-order valence-corrected chi connectivity index (χ1v) is 9.68. The first kappa shape index (κ1) is 16.0. The molecule has 1 N–H and O–H groups in total. The average Bonchev–Trinajstić information content (AvgIpc) is 2.76. The third kappa shape index (κ3) is 4.05. The van der Waals surface area contributed by atoms with Crippen molar-refractivity contribution in [2.24, 2.45) is 0 Å². The third-order valence-electron chi connectivity index (χ3n) is 2.71. The fourth-order valence-electron chi connectivity index (χ4n) is 1.82. The lowest BCUT2D eigenvalue weighted by molar-refractivity contribution is 0.598. The van der Waals surface area contributed by atoms with Gasteiger partial charge in [0.2, 0.25) is 0 Å². The fraction of sp³-hybridized carbons (Fsp3) is 0.231. The first-order chi connectivity index (χ1) is 9.38. The first-order valence-electron chi connectivity index (χ1n) is 5.80. The molecule has 3 nitrogen and oxygen atoms in total. The van der Waals surface area contributed by atoms with Gasteiger partial charge >= 0.3 is 0 Å². The normalized spacial score (nSPS) is 11.8. The van der Waals surface area contributed by atoms with Crippen LogP contribution in [0.4, 0.5) is 0 Å². The van der Waals surface area contributed by atoms with Crippen molar-refractivity contribution < 1.29 is 8.42 Å². The molecule has 0 spiro atoms. The predicted octanol–water partition coefficient (Wildman–Crippen LogP) is 3.86. The smallest absolute Gasteiger partial charge is 0.175 e. The number of halogens is 2. The summed E-state index contributed by atoms with van der Waals surface area (Å²) in [5.74, 6) is 0. The van der Waals surface area contributed by atoms with Crippen molar-refractivity contribution in [1.82, 2.24) is 5.32 Å². The Balaban J connectivity index is 2.13. The van der Waals surface area contributed by atoms with E-state index in [2.05, 4.69) is 21.2 Å². The monoisotopic (exact) mass is 393 g/mol. The van der Waals surface area contributed by atoms with E-state index >= 15 is 0 Å². The molecule has 1 heterocycles. The highest BCUT2D eigenvalue weighted by Crippen LogP contribution is 2.25. The molecule has 0 unspecified atom stereocenters. The minimum absolute atomic E-state index is 0.282. The molecule has 0 aliphatic carbocycles. The second kappa shape index (κ2) is 6.58. The van der Waals surface area contributed by atoms with Gasteiger partial charge in [0, 0.05) is 34.8 Å². The molecule has 0 bridgehead atoms. The standard InChI is InChI=1S/C13H13BrClNO2S2/c1-20(17,18)12-4-2-3-11(15)10(12)8-16-7-9-5-6-13(14)19-9/h2-6,16H,7-8H2,1H3. The average molecular weight is 395 g/mol. The van der Waals surface area contributed by atoms with Crippen LogP contribution in [0.3, 0.4) is 0 Å². The van der Waals surface area contributed by atoms with Gasteiger partial charge in [0.1, 0.15) is 0 Å². The van der Waals surface area contributed by atoms with Crippen LogP contribution in [0.1, 0.15) is 10.4 Å². The highest BCUT2D eigenvalue weighted by atomic mass is 79.9. The molecule has 0 fully saturated rings. The molecule has 0 amide bonds. The maximum atomic E-state index is 11.8. The summed E-state index contributed by atoms with van der Waals surface area (Å²) in [5.41, 5.74) is 0.618. The molecule has 2 rings (SSSR count). The third-order valence-corrected chi connectivity index (χ3v) is 5.86. The molecule has 0 saturated heterocycles. The van der Waals surface area contributed by atoms with E-state index in [-0.39, 0.29) is 4.90 Å². The summed E-state index contributed by atoms with van der Waals surface area (Å²) in [6, 6.07) is 8.94. The second-order valence-electron chi connectivity index (χ2n) is 4.30. The van der Waals surface area contributed by atoms with Gasteiger partial charge in [0.25, 0.3) is 0 Å². The molecule has 0 saturated carbocycles. The molecule has 0 atom stereocenters. The number of hydrogen-bond acceptors (Lipinski definition) is 4. The number of nitrogens with one attached hydrogen (secondary N) is 1. The van der Waals surface area contributed by atoms with Crippen LogP contribution in [0.2, 0.25) is 5.02 Å². The summed E-state index contributed by atoms with van der Waals surface area (Å²) >= 11 is 11.2. The highest BCUT2D eigenvalue weighted by molar-refractivity contribution is 9.11. The Kier molecular flexibility index (Phi) is 5.25. The van der Waals surface area contributed by atoms with Crippen LogP contribution < -0.4 is 5.32 Å². The van der Waals surface area contributed by atoms with Crippen molar-refractivity contribution in [1.29, 1.82) is 0 Å². The Morgan fingerprint density at radius 3 is 2.60 bits per heavy atom. The highest BCUT2D eigenvalue weighted by Gasteiger charge is 2.15. The van der Waals surface area contributed by atoms with Crippen LogP contribution in [-0.4, -0.2) is 14.7 Å². The molecule has 108 valence electrons. The molecule has 1 aromatic carbocycles. The zero-order valence-corrected chi connectivity index (χ0v) is 14.7. The van der Waals surface area contributed by atoms with E-state index in [1.165, 1.54) is 11.1 Å². The van der Waals surface area contributed by atoms with E-state index < -0.39 is 9.84 Å². The van der Waals surface area contributed by atoms with Gasteiger partial charge in [-0.25, -0.2) is 8.42 Å². The van der Waals surface area contributed by atoms with Gasteiger partial charge in [-0.05, 0) is 40.2 Å². The zero-order valence-electron chi connectivity index (χ0n) is 10.7. The molecule has 0 aliphatic rings. The molecule has 1 aromatic heterocycles. The number of thiophene rings is 1. The van der Waals surface area contributed by atoms with Gasteiger partial charge in [-0.2, -0.15) is 0 Å². The number of hydrogen-bond donors (Lipinski definition) is 1. The van der Waals surface area contributed by atoms with Crippen LogP contribution in [-0.2, 0) is 22.9 Å². The van der Waals surface area contributed by atoms with Gasteiger partial charge in [-0.1, -0.05) is 17.7 Å². The minimum Gasteiger partial charge on any atom is -0.308 e. The van der Waals surface area contributed by atoms with E-state index in [1.54, 1.807) is 29.5 Å². The summed E-state index contributed by atoms with van der Waals surface area (Å²) in [6.45, 7) is 1.09. The largest absolute Gasteiger partial charge is 0.308 e. The number of sulfone groups is 1. The Bertz CT molecular complexity index is 713. The topological polar surface area (TPSA) is 46.2 Å². The van der Waals surface area contributed by atoms with Crippen LogP contribution in [0, 0.1) is 0 Å².